The van der Waals surface area contributed by atoms with E-state index in [2.05, 4.69) is 45.4 Å². The van der Waals surface area contributed by atoms with E-state index in [1.807, 2.05) is 24.4 Å². The third-order valence-corrected chi connectivity index (χ3v) is 7.56. The van der Waals surface area contributed by atoms with Crippen molar-refractivity contribution in [3.05, 3.63) is 36.4 Å². The molecule has 3 aromatic rings. The van der Waals surface area contributed by atoms with Crippen LogP contribution in [0.25, 0.3) is 16.9 Å². The van der Waals surface area contributed by atoms with E-state index in [4.69, 9.17) is 10.2 Å². The highest BCUT2D eigenvalue weighted by atomic mass is 19.1. The fourth-order valence-electron chi connectivity index (χ4n) is 5.40. The fraction of sp³-hybridized carbons (Fsp3) is 0.538. The summed E-state index contributed by atoms with van der Waals surface area (Å²) in [7, 11) is 4.20. The van der Waals surface area contributed by atoms with Crippen LogP contribution >= 0.6 is 0 Å². The van der Waals surface area contributed by atoms with Crippen molar-refractivity contribution in [3.8, 4) is 17.5 Å². The number of fused-ring (bicyclic) bond motifs is 1. The Morgan fingerprint density at radius 2 is 1.89 bits per heavy atom. The standard InChI is InChI=1S/C26H33FN8/c1-33(2)20-11-15-34(16-12-20)26-23(27)25(30-19-8-6-18(7-9-19)10-13-28)31-24(32-26)21-17-29-35-14-4-3-5-22(21)35/h3-5,14,17-20H,6-12,15-16H2,1-2H3,(H,30,31,32)/t18-,19-. The summed E-state index contributed by atoms with van der Waals surface area (Å²) in [6.07, 6.45) is 9.93. The summed E-state index contributed by atoms with van der Waals surface area (Å²) in [4.78, 5) is 13.7. The maximum Gasteiger partial charge on any atom is 0.207 e. The molecule has 1 N–H and O–H groups in total. The molecule has 8 nitrogen and oxygen atoms in total. The lowest BCUT2D eigenvalue weighted by molar-refractivity contribution is 0.249. The number of nitrogens with zero attached hydrogens (tertiary/aromatic N) is 7. The van der Waals surface area contributed by atoms with Gasteiger partial charge in [-0.25, -0.2) is 14.5 Å². The number of hydrogen-bond donors (Lipinski definition) is 1. The van der Waals surface area contributed by atoms with Crippen molar-refractivity contribution in [2.75, 3.05) is 37.4 Å². The number of anilines is 2. The average Bonchev–Trinajstić information content (AvgIpc) is 3.31. The lowest BCUT2D eigenvalue weighted by Crippen LogP contribution is -2.42. The molecule has 2 aliphatic rings. The molecule has 9 heteroatoms. The predicted molar refractivity (Wildman–Crippen MR) is 135 cm³/mol. The first-order valence-electron chi connectivity index (χ1n) is 12.6. The van der Waals surface area contributed by atoms with Crippen LogP contribution < -0.4 is 10.2 Å². The minimum Gasteiger partial charge on any atom is -0.365 e. The Hall–Kier alpha value is -3.25. The van der Waals surface area contributed by atoms with Crippen LogP contribution in [-0.2, 0) is 0 Å². The second-order valence-electron chi connectivity index (χ2n) is 10.0. The maximum atomic E-state index is 15.9. The highest BCUT2D eigenvalue weighted by molar-refractivity contribution is 5.77. The first-order valence-corrected chi connectivity index (χ1v) is 12.6. The van der Waals surface area contributed by atoms with Gasteiger partial charge in [-0.2, -0.15) is 14.8 Å². The van der Waals surface area contributed by atoms with E-state index in [9.17, 15) is 0 Å². The summed E-state index contributed by atoms with van der Waals surface area (Å²) in [5.74, 6) is 1.17. The van der Waals surface area contributed by atoms with Crippen LogP contribution in [0.4, 0.5) is 16.0 Å². The molecule has 184 valence electrons. The molecule has 0 amide bonds. The fourth-order valence-corrected chi connectivity index (χ4v) is 5.40. The van der Waals surface area contributed by atoms with E-state index in [1.165, 1.54) is 0 Å². The van der Waals surface area contributed by atoms with Gasteiger partial charge in [0.25, 0.3) is 0 Å². The van der Waals surface area contributed by atoms with Crippen LogP contribution in [0.5, 0.6) is 0 Å². The van der Waals surface area contributed by atoms with Gasteiger partial charge in [0, 0.05) is 37.8 Å². The Labute approximate surface area is 205 Å². The van der Waals surface area contributed by atoms with Crippen molar-refractivity contribution in [3.63, 3.8) is 0 Å². The van der Waals surface area contributed by atoms with Gasteiger partial charge in [0.2, 0.25) is 5.82 Å². The molecule has 0 unspecified atom stereocenters. The molecule has 4 heterocycles. The minimum absolute atomic E-state index is 0.137. The molecule has 1 aliphatic carbocycles. The molecular formula is C26H33FN8. The van der Waals surface area contributed by atoms with Gasteiger partial charge in [0.15, 0.2) is 17.5 Å². The predicted octanol–water partition coefficient (Wildman–Crippen LogP) is 4.35. The van der Waals surface area contributed by atoms with Crippen molar-refractivity contribution >= 4 is 17.2 Å². The Morgan fingerprint density at radius 1 is 1.11 bits per heavy atom. The van der Waals surface area contributed by atoms with Gasteiger partial charge >= 0.3 is 0 Å². The summed E-state index contributed by atoms with van der Waals surface area (Å²) >= 11 is 0. The number of pyridine rings is 1. The Kier molecular flexibility index (Phi) is 6.82. The molecule has 0 bridgehead atoms. The second-order valence-corrected chi connectivity index (χ2v) is 10.0. The maximum absolute atomic E-state index is 15.9. The SMILES string of the molecule is CN(C)C1CCN(c2nc(-c3cnn4ccccc34)nc(N[C@H]3CC[C@H](CC#N)CC3)c2F)CC1. The molecule has 0 atom stereocenters. The van der Waals surface area contributed by atoms with E-state index in [0.717, 1.165) is 62.7 Å². The van der Waals surface area contributed by atoms with Crippen LogP contribution in [-0.4, -0.2) is 63.8 Å². The largest absolute Gasteiger partial charge is 0.365 e. The smallest absolute Gasteiger partial charge is 0.207 e. The topological polar surface area (TPSA) is 85.4 Å². The Balaban J connectivity index is 1.47. The lowest BCUT2D eigenvalue weighted by Gasteiger charge is -2.36. The van der Waals surface area contributed by atoms with E-state index in [1.54, 1.807) is 10.7 Å². The number of nitriles is 1. The van der Waals surface area contributed by atoms with Gasteiger partial charge in [-0.1, -0.05) is 6.07 Å². The molecular weight excluding hydrogens is 443 g/mol. The number of aromatic nitrogens is 4. The van der Waals surface area contributed by atoms with Crippen molar-refractivity contribution in [1.29, 1.82) is 5.26 Å². The number of hydrogen-bond acceptors (Lipinski definition) is 7. The van der Waals surface area contributed by atoms with Gasteiger partial charge in [-0.15, -0.1) is 0 Å². The summed E-state index contributed by atoms with van der Waals surface area (Å²) in [5.41, 5.74) is 1.68. The zero-order chi connectivity index (χ0) is 24.4. The molecule has 1 saturated heterocycles. The van der Waals surface area contributed by atoms with Crippen LogP contribution in [0.1, 0.15) is 44.9 Å². The molecule has 5 rings (SSSR count). The van der Waals surface area contributed by atoms with Gasteiger partial charge in [-0.05, 0) is 70.7 Å². The quantitative estimate of drug-likeness (QED) is 0.566. The third kappa shape index (κ3) is 4.94. The molecule has 1 saturated carbocycles. The van der Waals surface area contributed by atoms with E-state index >= 15 is 4.39 Å². The number of rotatable bonds is 6. The van der Waals surface area contributed by atoms with Crippen LogP contribution in [0, 0.1) is 23.1 Å². The van der Waals surface area contributed by atoms with E-state index in [0.29, 0.717) is 30.0 Å². The molecule has 3 aromatic heterocycles. The Morgan fingerprint density at radius 3 is 2.60 bits per heavy atom. The normalized spacial score (nSPS) is 21.4. The summed E-state index contributed by atoms with van der Waals surface area (Å²) in [5, 5.41) is 16.8. The summed E-state index contributed by atoms with van der Waals surface area (Å²) in [6, 6.07) is 8.77. The van der Waals surface area contributed by atoms with Crippen LogP contribution in [0.2, 0.25) is 0 Å². The zero-order valence-corrected chi connectivity index (χ0v) is 20.5. The first-order chi connectivity index (χ1) is 17.0. The number of nitrogens with one attached hydrogen (secondary N) is 1. The Bertz CT molecular complexity index is 1200. The van der Waals surface area contributed by atoms with E-state index < -0.39 is 0 Å². The third-order valence-electron chi connectivity index (χ3n) is 7.56. The average molecular weight is 477 g/mol. The van der Waals surface area contributed by atoms with Gasteiger partial charge in [0.05, 0.1) is 23.3 Å². The van der Waals surface area contributed by atoms with Gasteiger partial charge in [0.1, 0.15) is 0 Å². The van der Waals surface area contributed by atoms with Gasteiger partial charge in [-0.3, -0.25) is 0 Å². The second kappa shape index (κ2) is 10.2. The van der Waals surface area contributed by atoms with Crippen molar-refractivity contribution in [2.24, 2.45) is 5.92 Å². The molecule has 35 heavy (non-hydrogen) atoms. The zero-order valence-electron chi connectivity index (χ0n) is 20.5. The van der Waals surface area contributed by atoms with Crippen molar-refractivity contribution < 1.29 is 4.39 Å². The lowest BCUT2D eigenvalue weighted by atomic mass is 9.84. The molecule has 0 aromatic carbocycles. The summed E-state index contributed by atoms with van der Waals surface area (Å²) in [6.45, 7) is 1.51. The summed E-state index contributed by atoms with van der Waals surface area (Å²) < 4.78 is 17.7. The molecule has 1 aliphatic heterocycles. The van der Waals surface area contributed by atoms with Gasteiger partial charge < -0.3 is 15.1 Å². The molecule has 2 fully saturated rings. The van der Waals surface area contributed by atoms with Crippen molar-refractivity contribution in [1.82, 2.24) is 24.5 Å². The van der Waals surface area contributed by atoms with E-state index in [-0.39, 0.29) is 17.7 Å². The minimum atomic E-state index is -0.382. The van der Waals surface area contributed by atoms with Crippen LogP contribution in [0.3, 0.4) is 0 Å². The monoisotopic (exact) mass is 476 g/mol. The molecule has 0 radical (unpaired) electrons. The number of halogens is 1. The molecule has 0 spiro atoms. The van der Waals surface area contributed by atoms with Crippen molar-refractivity contribution in [2.45, 2.75) is 57.0 Å². The van der Waals surface area contributed by atoms with Crippen LogP contribution in [0.15, 0.2) is 30.6 Å². The highest BCUT2D eigenvalue weighted by Crippen LogP contribution is 2.33. The number of piperidine rings is 1. The highest BCUT2D eigenvalue weighted by Gasteiger charge is 2.28. The first kappa shape index (κ1) is 23.5.